The number of carbonyl (C=O) groups is 1. The molecule has 21 heavy (non-hydrogen) atoms. The van der Waals surface area contributed by atoms with Crippen molar-refractivity contribution < 1.29 is 9.90 Å². The maximum atomic E-state index is 12.1. The maximum absolute atomic E-state index is 12.1. The summed E-state index contributed by atoms with van der Waals surface area (Å²) in [6.45, 7) is 0. The van der Waals surface area contributed by atoms with Crippen molar-refractivity contribution in [2.75, 3.05) is 5.32 Å². The van der Waals surface area contributed by atoms with E-state index in [2.05, 4.69) is 37.2 Å². The number of halogens is 2. The number of nitrogens with two attached hydrogens (primary N) is 1. The highest BCUT2D eigenvalue weighted by atomic mass is 79.9. The number of aromatic hydroxyl groups is 1. The maximum Gasteiger partial charge on any atom is 0.241 e. The Labute approximate surface area is 139 Å². The van der Waals surface area contributed by atoms with E-state index < -0.39 is 6.04 Å². The molecule has 0 fully saturated rings. The molecule has 0 saturated heterocycles. The van der Waals surface area contributed by atoms with Crippen LogP contribution in [0.15, 0.2) is 51.4 Å². The van der Waals surface area contributed by atoms with Gasteiger partial charge in [0, 0.05) is 8.95 Å². The van der Waals surface area contributed by atoms with E-state index in [1.807, 2.05) is 12.1 Å². The van der Waals surface area contributed by atoms with Gasteiger partial charge in [-0.3, -0.25) is 4.79 Å². The Morgan fingerprint density at radius 2 is 1.86 bits per heavy atom. The minimum absolute atomic E-state index is 0.190. The fourth-order valence-electron chi connectivity index (χ4n) is 1.79. The molecular weight excluding hydrogens is 400 g/mol. The molecular formula is C15H14Br2N2O2. The molecule has 0 aliphatic carbocycles. The van der Waals surface area contributed by atoms with Crippen LogP contribution < -0.4 is 11.1 Å². The van der Waals surface area contributed by atoms with Crippen LogP contribution >= 0.6 is 31.9 Å². The number of anilines is 1. The zero-order chi connectivity index (χ0) is 15.4. The van der Waals surface area contributed by atoms with Crippen molar-refractivity contribution in [1.82, 2.24) is 0 Å². The van der Waals surface area contributed by atoms with Crippen LogP contribution in [0.3, 0.4) is 0 Å². The fraction of sp³-hybridized carbons (Fsp3) is 0.133. The molecule has 4 nitrogen and oxygen atoms in total. The first-order valence-corrected chi connectivity index (χ1v) is 7.83. The summed E-state index contributed by atoms with van der Waals surface area (Å²) in [7, 11) is 0. The van der Waals surface area contributed by atoms with E-state index in [1.54, 1.807) is 30.3 Å². The quantitative estimate of drug-likeness (QED) is 0.718. The number of hydrogen-bond donors (Lipinski definition) is 3. The van der Waals surface area contributed by atoms with Crippen molar-refractivity contribution in [2.45, 2.75) is 12.5 Å². The predicted octanol–water partition coefficient (Wildman–Crippen LogP) is 3.43. The van der Waals surface area contributed by atoms with Crippen LogP contribution in [0, 0.1) is 0 Å². The zero-order valence-corrected chi connectivity index (χ0v) is 14.2. The number of benzene rings is 2. The lowest BCUT2D eigenvalue weighted by Crippen LogP contribution is -2.37. The van der Waals surface area contributed by atoms with Gasteiger partial charge in [-0.05, 0) is 58.2 Å². The lowest BCUT2D eigenvalue weighted by molar-refractivity contribution is -0.117. The van der Waals surface area contributed by atoms with E-state index in [9.17, 15) is 9.90 Å². The molecule has 0 heterocycles. The molecule has 1 amide bonds. The Hall–Kier alpha value is -1.37. The summed E-state index contributed by atoms with van der Waals surface area (Å²) in [5.41, 5.74) is 7.48. The molecule has 6 heteroatoms. The van der Waals surface area contributed by atoms with Gasteiger partial charge in [0.1, 0.15) is 5.75 Å². The van der Waals surface area contributed by atoms with Gasteiger partial charge in [0.05, 0.1) is 11.7 Å². The molecule has 2 aromatic carbocycles. The summed E-state index contributed by atoms with van der Waals surface area (Å²) in [5.74, 6) is -0.0679. The van der Waals surface area contributed by atoms with Crippen molar-refractivity contribution in [2.24, 2.45) is 5.73 Å². The Kier molecular flexibility index (Phi) is 5.39. The summed E-state index contributed by atoms with van der Waals surface area (Å²) in [6, 6.07) is 11.5. The largest absolute Gasteiger partial charge is 0.508 e. The van der Waals surface area contributed by atoms with Crippen LogP contribution in [-0.4, -0.2) is 17.1 Å². The summed E-state index contributed by atoms with van der Waals surface area (Å²) < 4.78 is 1.70. The standard InChI is InChI=1S/C15H14Br2N2O2/c16-10-3-6-14(12(17)8-10)19-15(21)13(18)7-9-1-4-11(20)5-2-9/h1-6,8,13,20H,7,18H2,(H,19,21)/t13-/m0/s1. The smallest absolute Gasteiger partial charge is 0.241 e. The van der Waals surface area contributed by atoms with Gasteiger partial charge in [0.2, 0.25) is 5.91 Å². The molecule has 110 valence electrons. The number of carbonyl (C=O) groups excluding carboxylic acids is 1. The first kappa shape index (κ1) is 16.0. The second-order valence-corrected chi connectivity index (χ2v) is 6.36. The number of amides is 1. The second kappa shape index (κ2) is 7.06. The van der Waals surface area contributed by atoms with E-state index in [4.69, 9.17) is 5.73 Å². The van der Waals surface area contributed by atoms with E-state index in [0.717, 1.165) is 14.5 Å². The molecule has 2 rings (SSSR count). The van der Waals surface area contributed by atoms with Crippen molar-refractivity contribution in [3.63, 3.8) is 0 Å². The lowest BCUT2D eigenvalue weighted by atomic mass is 10.1. The average Bonchev–Trinajstić information content (AvgIpc) is 2.44. The molecule has 0 aliphatic rings. The zero-order valence-electron chi connectivity index (χ0n) is 11.0. The fourth-order valence-corrected chi connectivity index (χ4v) is 2.94. The number of phenols is 1. The summed E-state index contributed by atoms with van der Waals surface area (Å²) in [5, 5.41) is 12.0. The number of phenolic OH excluding ortho intramolecular Hbond substituents is 1. The van der Waals surface area contributed by atoms with E-state index in [0.29, 0.717) is 12.1 Å². The SMILES string of the molecule is N[C@@H](Cc1ccc(O)cc1)C(=O)Nc1ccc(Br)cc1Br. The Morgan fingerprint density at radius 1 is 1.19 bits per heavy atom. The predicted molar refractivity (Wildman–Crippen MR) is 90.3 cm³/mol. The van der Waals surface area contributed by atoms with E-state index >= 15 is 0 Å². The minimum atomic E-state index is -0.662. The molecule has 0 spiro atoms. The van der Waals surface area contributed by atoms with Crippen molar-refractivity contribution in [3.8, 4) is 5.75 Å². The van der Waals surface area contributed by atoms with Crippen molar-refractivity contribution in [3.05, 3.63) is 57.0 Å². The highest BCUT2D eigenvalue weighted by molar-refractivity contribution is 9.11. The van der Waals surface area contributed by atoms with Crippen molar-refractivity contribution >= 4 is 43.5 Å². The van der Waals surface area contributed by atoms with Crippen LogP contribution in [0.4, 0.5) is 5.69 Å². The lowest BCUT2D eigenvalue weighted by Gasteiger charge is -2.13. The first-order valence-electron chi connectivity index (χ1n) is 6.25. The van der Waals surface area contributed by atoms with Crippen molar-refractivity contribution in [1.29, 1.82) is 0 Å². The number of rotatable bonds is 4. The van der Waals surface area contributed by atoms with Gasteiger partial charge in [-0.1, -0.05) is 28.1 Å². The van der Waals surface area contributed by atoms with Crippen LogP contribution in [0.2, 0.25) is 0 Å². The molecule has 2 aromatic rings. The van der Waals surface area contributed by atoms with Gasteiger partial charge in [0.25, 0.3) is 0 Å². The second-order valence-electron chi connectivity index (χ2n) is 4.59. The monoisotopic (exact) mass is 412 g/mol. The van der Waals surface area contributed by atoms with Gasteiger partial charge in [-0.2, -0.15) is 0 Å². The highest BCUT2D eigenvalue weighted by Gasteiger charge is 2.15. The number of nitrogens with one attached hydrogen (secondary N) is 1. The van der Waals surface area contributed by atoms with Crippen LogP contribution in [0.5, 0.6) is 5.75 Å². The molecule has 0 radical (unpaired) electrons. The van der Waals surface area contributed by atoms with Gasteiger partial charge in [-0.25, -0.2) is 0 Å². The van der Waals surface area contributed by atoms with Crippen LogP contribution in [0.25, 0.3) is 0 Å². The van der Waals surface area contributed by atoms with Gasteiger partial charge in [0.15, 0.2) is 0 Å². The molecule has 0 aromatic heterocycles. The molecule has 4 N–H and O–H groups in total. The Morgan fingerprint density at radius 3 is 2.48 bits per heavy atom. The Bertz CT molecular complexity index is 645. The van der Waals surface area contributed by atoms with Crippen LogP contribution in [0.1, 0.15) is 5.56 Å². The minimum Gasteiger partial charge on any atom is -0.508 e. The van der Waals surface area contributed by atoms with Crippen LogP contribution in [-0.2, 0) is 11.2 Å². The summed E-state index contributed by atoms with van der Waals surface area (Å²) in [4.78, 5) is 12.1. The van der Waals surface area contributed by atoms with Gasteiger partial charge < -0.3 is 16.2 Å². The molecule has 0 unspecified atom stereocenters. The van der Waals surface area contributed by atoms with Gasteiger partial charge >= 0.3 is 0 Å². The summed E-state index contributed by atoms with van der Waals surface area (Å²) >= 11 is 6.74. The first-order chi connectivity index (χ1) is 9.95. The third-order valence-electron chi connectivity index (χ3n) is 2.92. The molecule has 0 aliphatic heterocycles. The summed E-state index contributed by atoms with van der Waals surface area (Å²) in [6.07, 6.45) is 0.403. The molecule has 0 saturated carbocycles. The average molecular weight is 414 g/mol. The molecule has 1 atom stereocenters. The van der Waals surface area contributed by atoms with Gasteiger partial charge in [-0.15, -0.1) is 0 Å². The third-order valence-corrected chi connectivity index (χ3v) is 4.07. The topological polar surface area (TPSA) is 75.3 Å². The molecule has 0 bridgehead atoms. The van der Waals surface area contributed by atoms with E-state index in [1.165, 1.54) is 0 Å². The Balaban J connectivity index is 2.00. The number of hydrogen-bond acceptors (Lipinski definition) is 3. The highest BCUT2D eigenvalue weighted by Crippen LogP contribution is 2.26. The van der Waals surface area contributed by atoms with E-state index in [-0.39, 0.29) is 11.7 Å². The third kappa shape index (κ3) is 4.56. The normalized spacial score (nSPS) is 12.0.